The second-order valence-corrected chi connectivity index (χ2v) is 4.15. The number of pyridine rings is 1. The van der Waals surface area contributed by atoms with E-state index in [1.54, 1.807) is 0 Å². The van der Waals surface area contributed by atoms with Crippen molar-refractivity contribution in [3.8, 4) is 0 Å². The molecule has 0 amide bonds. The van der Waals surface area contributed by atoms with Gasteiger partial charge in [-0.25, -0.2) is 4.98 Å². The van der Waals surface area contributed by atoms with Crippen molar-refractivity contribution in [2.24, 2.45) is 5.73 Å². The second kappa shape index (κ2) is 3.75. The van der Waals surface area contributed by atoms with Crippen molar-refractivity contribution < 1.29 is 0 Å². The molecule has 1 atom stereocenters. The number of aromatic nitrogens is 1. The average Bonchev–Trinajstić information content (AvgIpc) is 2.70. The second-order valence-electron chi connectivity index (χ2n) is 4.15. The number of para-hydroxylation sites is 1. The van der Waals surface area contributed by atoms with Crippen molar-refractivity contribution in [3.63, 3.8) is 0 Å². The van der Waals surface area contributed by atoms with Gasteiger partial charge in [0.05, 0.1) is 5.52 Å². The van der Waals surface area contributed by atoms with Gasteiger partial charge in [-0.05, 0) is 18.2 Å². The van der Waals surface area contributed by atoms with E-state index in [2.05, 4.69) is 17.1 Å². The van der Waals surface area contributed by atoms with Crippen molar-refractivity contribution in [2.45, 2.75) is 6.29 Å². The number of hydrogen-bond acceptors (Lipinski definition) is 4. The summed E-state index contributed by atoms with van der Waals surface area (Å²) in [5, 5.41) is 1.14. The van der Waals surface area contributed by atoms with Crippen molar-refractivity contribution in [1.82, 2.24) is 9.88 Å². The molecule has 0 fully saturated rings. The highest BCUT2D eigenvalue weighted by molar-refractivity contribution is 5.80. The van der Waals surface area contributed by atoms with E-state index < -0.39 is 0 Å². The summed E-state index contributed by atoms with van der Waals surface area (Å²) >= 11 is 0. The molecule has 3 rings (SSSR count). The van der Waals surface area contributed by atoms with Gasteiger partial charge >= 0.3 is 0 Å². The van der Waals surface area contributed by atoms with Crippen LogP contribution in [0.25, 0.3) is 10.9 Å². The van der Waals surface area contributed by atoms with E-state index in [4.69, 9.17) is 5.73 Å². The molecule has 1 aromatic heterocycles. The van der Waals surface area contributed by atoms with Crippen molar-refractivity contribution in [2.75, 3.05) is 11.9 Å². The molecule has 2 N–H and O–H groups in total. The first-order chi connectivity index (χ1) is 8.25. The molecule has 86 valence electrons. The van der Waals surface area contributed by atoms with E-state index in [1.165, 1.54) is 0 Å². The molecule has 0 radical (unpaired) electrons. The molecule has 0 bridgehead atoms. The highest BCUT2D eigenvalue weighted by Crippen LogP contribution is 2.22. The van der Waals surface area contributed by atoms with Crippen molar-refractivity contribution in [3.05, 3.63) is 48.8 Å². The predicted molar refractivity (Wildman–Crippen MR) is 69.1 cm³/mol. The number of anilines is 1. The van der Waals surface area contributed by atoms with Crippen molar-refractivity contribution >= 4 is 16.7 Å². The summed E-state index contributed by atoms with van der Waals surface area (Å²) in [5.41, 5.74) is 7.03. The van der Waals surface area contributed by atoms with Gasteiger partial charge in [-0.15, -0.1) is 0 Å². The Morgan fingerprint density at radius 2 is 1.94 bits per heavy atom. The van der Waals surface area contributed by atoms with Crippen LogP contribution in [0.4, 0.5) is 5.82 Å². The Bertz CT molecular complexity index is 578. The Morgan fingerprint density at radius 3 is 2.71 bits per heavy atom. The van der Waals surface area contributed by atoms with Crippen LogP contribution in [0.5, 0.6) is 0 Å². The molecule has 1 aliphatic heterocycles. The lowest BCUT2D eigenvalue weighted by atomic mass is 10.2. The lowest BCUT2D eigenvalue weighted by Gasteiger charge is -2.25. The minimum atomic E-state index is -0.177. The zero-order valence-corrected chi connectivity index (χ0v) is 9.62. The lowest BCUT2D eigenvalue weighted by molar-refractivity contribution is 0.366. The lowest BCUT2D eigenvalue weighted by Crippen LogP contribution is -2.44. The minimum absolute atomic E-state index is 0.177. The van der Waals surface area contributed by atoms with Crippen LogP contribution in [0, 0.1) is 0 Å². The molecule has 4 heteroatoms. The normalized spacial score (nSPS) is 19.3. The molecule has 0 spiro atoms. The summed E-state index contributed by atoms with van der Waals surface area (Å²) in [6.45, 7) is 0. The molecule has 2 aromatic rings. The molecule has 1 aliphatic rings. The third-order valence-corrected chi connectivity index (χ3v) is 3.01. The van der Waals surface area contributed by atoms with Gasteiger partial charge in [-0.3, -0.25) is 10.6 Å². The largest absolute Gasteiger partial charge is 0.347 e. The highest BCUT2D eigenvalue weighted by atomic mass is 15.4. The standard InChI is InChI=1S/C13H14N4/c1-16-8-9-17(13(16)14)12-7-6-10-4-2-3-5-11(10)15-12/h2-9,13H,14H2,1H3/t13-/m1/s1. The van der Waals surface area contributed by atoms with Gasteiger partial charge in [0.25, 0.3) is 0 Å². The van der Waals surface area contributed by atoms with E-state index in [9.17, 15) is 0 Å². The quantitative estimate of drug-likeness (QED) is 0.804. The summed E-state index contributed by atoms with van der Waals surface area (Å²) < 4.78 is 0. The minimum Gasteiger partial charge on any atom is -0.347 e. The first-order valence-corrected chi connectivity index (χ1v) is 5.56. The van der Waals surface area contributed by atoms with Gasteiger partial charge in [0.2, 0.25) is 0 Å². The van der Waals surface area contributed by atoms with Gasteiger partial charge in [0.1, 0.15) is 5.82 Å². The van der Waals surface area contributed by atoms with E-state index in [1.807, 2.05) is 53.5 Å². The number of hydrogen-bond donors (Lipinski definition) is 1. The molecule has 0 saturated carbocycles. The molecular weight excluding hydrogens is 212 g/mol. The summed E-state index contributed by atoms with van der Waals surface area (Å²) in [6, 6.07) is 12.1. The Hall–Kier alpha value is -2.07. The number of nitrogens with zero attached hydrogens (tertiary/aromatic N) is 3. The highest BCUT2D eigenvalue weighted by Gasteiger charge is 2.21. The number of rotatable bonds is 1. The van der Waals surface area contributed by atoms with Gasteiger partial charge in [-0.1, -0.05) is 18.2 Å². The smallest absolute Gasteiger partial charge is 0.159 e. The molecule has 17 heavy (non-hydrogen) atoms. The van der Waals surface area contributed by atoms with Gasteiger partial charge in [-0.2, -0.15) is 0 Å². The summed E-state index contributed by atoms with van der Waals surface area (Å²) in [7, 11) is 1.95. The maximum atomic E-state index is 6.05. The summed E-state index contributed by atoms with van der Waals surface area (Å²) in [6.07, 6.45) is 3.72. The third kappa shape index (κ3) is 1.62. The molecule has 2 heterocycles. The van der Waals surface area contributed by atoms with Crippen LogP contribution < -0.4 is 10.6 Å². The molecular formula is C13H14N4. The fourth-order valence-corrected chi connectivity index (χ4v) is 1.96. The van der Waals surface area contributed by atoms with E-state index in [0.29, 0.717) is 0 Å². The SMILES string of the molecule is CN1C=CN(c2ccc3ccccc3n2)[C@@H]1N. The van der Waals surface area contributed by atoms with Crippen LogP contribution in [-0.4, -0.2) is 23.2 Å². The van der Waals surface area contributed by atoms with Crippen molar-refractivity contribution in [1.29, 1.82) is 0 Å². The summed E-state index contributed by atoms with van der Waals surface area (Å²) in [4.78, 5) is 8.50. The third-order valence-electron chi connectivity index (χ3n) is 3.01. The maximum absolute atomic E-state index is 6.05. The number of benzene rings is 1. The van der Waals surface area contributed by atoms with Crippen LogP contribution in [-0.2, 0) is 0 Å². The van der Waals surface area contributed by atoms with E-state index in [0.717, 1.165) is 16.7 Å². The van der Waals surface area contributed by atoms with Gasteiger partial charge < -0.3 is 4.90 Å². The zero-order chi connectivity index (χ0) is 11.8. The molecule has 4 nitrogen and oxygen atoms in total. The average molecular weight is 226 g/mol. The fraction of sp³-hybridized carbons (Fsp3) is 0.154. The molecule has 1 aromatic carbocycles. The first-order valence-electron chi connectivity index (χ1n) is 5.56. The van der Waals surface area contributed by atoms with Crippen LogP contribution in [0.2, 0.25) is 0 Å². The van der Waals surface area contributed by atoms with Gasteiger partial charge in [0.15, 0.2) is 6.29 Å². The van der Waals surface area contributed by atoms with Crippen LogP contribution >= 0.6 is 0 Å². The Labute approximate surface area is 100.0 Å². The monoisotopic (exact) mass is 226 g/mol. The zero-order valence-electron chi connectivity index (χ0n) is 9.62. The molecule has 0 saturated heterocycles. The maximum Gasteiger partial charge on any atom is 0.159 e. The number of fused-ring (bicyclic) bond motifs is 1. The first kappa shape index (κ1) is 10.1. The number of nitrogens with two attached hydrogens (primary N) is 1. The Kier molecular flexibility index (Phi) is 2.23. The fourth-order valence-electron chi connectivity index (χ4n) is 1.96. The van der Waals surface area contributed by atoms with Gasteiger partial charge in [0, 0.05) is 24.8 Å². The molecule has 0 aliphatic carbocycles. The van der Waals surface area contributed by atoms with Crippen LogP contribution in [0.3, 0.4) is 0 Å². The topological polar surface area (TPSA) is 45.4 Å². The van der Waals surface area contributed by atoms with E-state index >= 15 is 0 Å². The Balaban J connectivity index is 2.04. The van der Waals surface area contributed by atoms with E-state index in [-0.39, 0.29) is 6.29 Å². The molecule has 0 unspecified atom stereocenters. The Morgan fingerprint density at radius 1 is 1.12 bits per heavy atom. The summed E-state index contributed by atoms with van der Waals surface area (Å²) in [5.74, 6) is 0.872. The van der Waals surface area contributed by atoms with Crippen LogP contribution in [0.15, 0.2) is 48.8 Å². The predicted octanol–water partition coefficient (Wildman–Crippen LogP) is 1.70. The van der Waals surface area contributed by atoms with Crippen LogP contribution in [0.1, 0.15) is 0 Å².